The van der Waals surface area contributed by atoms with Crippen molar-refractivity contribution in [3.05, 3.63) is 35.5 Å². The lowest BCUT2D eigenvalue weighted by Crippen LogP contribution is -2.42. The van der Waals surface area contributed by atoms with Crippen LogP contribution in [-0.4, -0.2) is 37.0 Å². The molecule has 2 rings (SSSR count). The summed E-state index contributed by atoms with van der Waals surface area (Å²) in [6, 6.07) is 6.50. The fraction of sp³-hybridized carbons (Fsp3) is 0.500. The van der Waals surface area contributed by atoms with E-state index in [0.717, 1.165) is 13.3 Å². The van der Waals surface area contributed by atoms with E-state index in [9.17, 15) is 18.4 Å². The third-order valence-electron chi connectivity index (χ3n) is 4.20. The number of benzene rings is 1. The van der Waals surface area contributed by atoms with Crippen molar-refractivity contribution in [2.75, 3.05) is 13.2 Å². The Balaban J connectivity index is 1.80. The van der Waals surface area contributed by atoms with Gasteiger partial charge in [0.2, 0.25) is 11.8 Å². The number of carbonyl (C=O) groups is 2. The maximum Gasteiger partial charge on any atom is 0.278 e. The molecule has 1 fully saturated rings. The molecule has 1 heterocycles. The predicted octanol–water partition coefficient (Wildman–Crippen LogP) is 3.18. The monoisotopic (exact) mass is 396 g/mol. The molecular formula is C20H26F2N2O4. The van der Waals surface area contributed by atoms with Crippen LogP contribution in [0.1, 0.15) is 40.0 Å². The zero-order valence-corrected chi connectivity index (χ0v) is 16.3. The fourth-order valence-corrected chi connectivity index (χ4v) is 2.87. The molecule has 0 radical (unpaired) electrons. The van der Waals surface area contributed by atoms with Gasteiger partial charge in [0, 0.05) is 43.6 Å². The van der Waals surface area contributed by atoms with Crippen LogP contribution < -0.4 is 20.1 Å². The van der Waals surface area contributed by atoms with Crippen LogP contribution in [0, 0.1) is 0 Å². The maximum atomic E-state index is 12.9. The summed E-state index contributed by atoms with van der Waals surface area (Å²) < 4.78 is 36.5. The van der Waals surface area contributed by atoms with Crippen molar-refractivity contribution in [1.82, 2.24) is 10.6 Å². The number of nitrogens with one attached hydrogen (secondary N) is 2. The summed E-state index contributed by atoms with van der Waals surface area (Å²) in [4.78, 5) is 23.3. The van der Waals surface area contributed by atoms with Crippen LogP contribution >= 0.6 is 0 Å². The van der Waals surface area contributed by atoms with Crippen LogP contribution in [0.4, 0.5) is 8.78 Å². The largest absolute Gasteiger partial charge is 0.493 e. The van der Waals surface area contributed by atoms with Gasteiger partial charge in [-0.25, -0.2) is 8.78 Å². The molecule has 8 heteroatoms. The van der Waals surface area contributed by atoms with Crippen molar-refractivity contribution in [2.45, 2.75) is 52.0 Å². The maximum absolute atomic E-state index is 12.9. The number of rotatable bonds is 8. The number of halogens is 2. The second-order valence-electron chi connectivity index (χ2n) is 6.96. The van der Waals surface area contributed by atoms with Gasteiger partial charge in [-0.1, -0.05) is 6.07 Å². The summed E-state index contributed by atoms with van der Waals surface area (Å²) in [6.45, 7) is 3.58. The van der Waals surface area contributed by atoms with Gasteiger partial charge in [0.05, 0.1) is 6.61 Å². The normalized spacial score (nSPS) is 18.9. The number of carbonyl (C=O) groups excluding carboxylic acids is 2. The van der Waals surface area contributed by atoms with Gasteiger partial charge >= 0.3 is 0 Å². The van der Waals surface area contributed by atoms with E-state index in [0.29, 0.717) is 42.2 Å². The first-order valence-electron chi connectivity index (χ1n) is 9.16. The molecule has 0 bridgehead atoms. The number of amides is 2. The Kier molecular flexibility index (Phi) is 7.37. The number of hydrogen-bond acceptors (Lipinski definition) is 4. The average Bonchev–Trinajstić information content (AvgIpc) is 2.59. The lowest BCUT2D eigenvalue weighted by molar-refractivity contribution is -0.119. The SMILES string of the molecule is CC(=O)N/C(C)=C1/CC[C@H](CCOc2cccc(OCC(C)(F)F)c2)NC1=O. The van der Waals surface area contributed by atoms with E-state index in [-0.39, 0.29) is 17.9 Å². The lowest BCUT2D eigenvalue weighted by atomic mass is 9.96. The highest BCUT2D eigenvalue weighted by molar-refractivity contribution is 5.95. The highest BCUT2D eigenvalue weighted by Gasteiger charge is 2.25. The molecule has 0 aliphatic carbocycles. The smallest absolute Gasteiger partial charge is 0.278 e. The summed E-state index contributed by atoms with van der Waals surface area (Å²) in [5.41, 5.74) is 1.17. The third kappa shape index (κ3) is 7.17. The van der Waals surface area contributed by atoms with Crippen LogP contribution in [0.5, 0.6) is 11.5 Å². The van der Waals surface area contributed by atoms with Crippen LogP contribution in [0.3, 0.4) is 0 Å². The van der Waals surface area contributed by atoms with Crippen molar-refractivity contribution < 1.29 is 27.8 Å². The zero-order valence-electron chi connectivity index (χ0n) is 16.3. The van der Waals surface area contributed by atoms with Crippen LogP contribution in [-0.2, 0) is 9.59 Å². The topological polar surface area (TPSA) is 76.7 Å². The molecule has 0 aromatic heterocycles. The van der Waals surface area contributed by atoms with E-state index in [1.54, 1.807) is 31.2 Å². The van der Waals surface area contributed by atoms with Crippen molar-refractivity contribution in [2.24, 2.45) is 0 Å². The molecule has 0 unspecified atom stereocenters. The first-order chi connectivity index (χ1) is 13.1. The molecular weight excluding hydrogens is 370 g/mol. The highest BCUT2D eigenvalue weighted by atomic mass is 19.3. The summed E-state index contributed by atoms with van der Waals surface area (Å²) in [5.74, 6) is -2.46. The van der Waals surface area contributed by atoms with Gasteiger partial charge in [0.1, 0.15) is 11.5 Å². The zero-order chi connectivity index (χ0) is 20.7. The van der Waals surface area contributed by atoms with E-state index in [1.807, 2.05) is 0 Å². The molecule has 154 valence electrons. The summed E-state index contributed by atoms with van der Waals surface area (Å²) in [7, 11) is 0. The van der Waals surface area contributed by atoms with Crippen LogP contribution in [0.2, 0.25) is 0 Å². The summed E-state index contributed by atoms with van der Waals surface area (Å²) in [5, 5.41) is 5.56. The fourth-order valence-electron chi connectivity index (χ4n) is 2.87. The summed E-state index contributed by atoms with van der Waals surface area (Å²) >= 11 is 0. The number of alkyl halides is 2. The minimum Gasteiger partial charge on any atom is -0.493 e. The van der Waals surface area contributed by atoms with E-state index in [2.05, 4.69) is 10.6 Å². The van der Waals surface area contributed by atoms with Gasteiger partial charge < -0.3 is 20.1 Å². The molecule has 1 aliphatic heterocycles. The summed E-state index contributed by atoms with van der Waals surface area (Å²) in [6.07, 6.45) is 1.93. The van der Waals surface area contributed by atoms with E-state index in [4.69, 9.17) is 9.47 Å². The van der Waals surface area contributed by atoms with Crippen molar-refractivity contribution in [3.8, 4) is 11.5 Å². The van der Waals surface area contributed by atoms with E-state index >= 15 is 0 Å². The number of allylic oxidation sites excluding steroid dienone is 1. The molecule has 1 aliphatic rings. The Hall–Kier alpha value is -2.64. The average molecular weight is 396 g/mol. The van der Waals surface area contributed by atoms with Gasteiger partial charge in [-0.15, -0.1) is 0 Å². The molecule has 1 saturated heterocycles. The van der Waals surface area contributed by atoms with Gasteiger partial charge in [0.25, 0.3) is 5.92 Å². The predicted molar refractivity (Wildman–Crippen MR) is 100 cm³/mol. The minimum atomic E-state index is -2.90. The molecule has 28 heavy (non-hydrogen) atoms. The molecule has 2 N–H and O–H groups in total. The van der Waals surface area contributed by atoms with Gasteiger partial charge in [-0.3, -0.25) is 9.59 Å². The molecule has 2 amide bonds. The first kappa shape index (κ1) is 21.7. The van der Waals surface area contributed by atoms with Gasteiger partial charge in [-0.2, -0.15) is 0 Å². The highest BCUT2D eigenvalue weighted by Crippen LogP contribution is 2.23. The van der Waals surface area contributed by atoms with Crippen molar-refractivity contribution in [3.63, 3.8) is 0 Å². The molecule has 1 aromatic carbocycles. The second-order valence-corrected chi connectivity index (χ2v) is 6.96. The Labute approximate surface area is 163 Å². The Morgan fingerprint density at radius 3 is 2.57 bits per heavy atom. The van der Waals surface area contributed by atoms with Gasteiger partial charge in [0.15, 0.2) is 6.61 Å². The third-order valence-corrected chi connectivity index (χ3v) is 4.20. The molecule has 6 nitrogen and oxygen atoms in total. The minimum absolute atomic E-state index is 0.0282. The standard InChI is InChI=1S/C20H26F2N2O4/c1-13(23-14(2)25)18-8-7-15(24-19(18)26)9-10-27-16-5-4-6-17(11-16)28-12-20(3,21)22/h4-6,11,15H,7-10,12H2,1-3H3,(H,23,25)(H,24,26)/b18-13-/t15-/m1/s1. The van der Waals surface area contributed by atoms with Crippen molar-refractivity contribution in [1.29, 1.82) is 0 Å². The Morgan fingerprint density at radius 2 is 1.96 bits per heavy atom. The van der Waals surface area contributed by atoms with Crippen molar-refractivity contribution >= 4 is 11.8 Å². The quantitative estimate of drug-likeness (QED) is 0.662. The van der Waals surface area contributed by atoms with E-state index < -0.39 is 12.5 Å². The Morgan fingerprint density at radius 1 is 1.29 bits per heavy atom. The molecule has 1 aromatic rings. The van der Waals surface area contributed by atoms with Gasteiger partial charge in [-0.05, 0) is 31.9 Å². The van der Waals surface area contributed by atoms with Crippen LogP contribution in [0.25, 0.3) is 0 Å². The second kappa shape index (κ2) is 9.52. The lowest BCUT2D eigenvalue weighted by Gasteiger charge is -2.26. The number of hydrogen-bond donors (Lipinski definition) is 2. The number of ether oxygens (including phenoxy) is 2. The van der Waals surface area contributed by atoms with E-state index in [1.165, 1.54) is 6.92 Å². The molecule has 0 saturated carbocycles. The Bertz CT molecular complexity index is 744. The van der Waals surface area contributed by atoms with Crippen LogP contribution in [0.15, 0.2) is 35.5 Å². The molecule has 0 spiro atoms. The molecule has 1 atom stereocenters. The first-order valence-corrected chi connectivity index (χ1v) is 9.16. The number of piperidine rings is 1.